The first-order valence-electron chi connectivity index (χ1n) is 5.29. The second-order valence-electron chi connectivity index (χ2n) is 4.84. The molecule has 0 spiro atoms. The number of hydrogen-bond acceptors (Lipinski definition) is 3. The van der Waals surface area contributed by atoms with Gasteiger partial charge in [0.1, 0.15) is 6.10 Å². The minimum absolute atomic E-state index is 0.0169. The molecule has 95 valence electrons. The Hall–Kier alpha value is -1.20. The first-order valence-corrected chi connectivity index (χ1v) is 5.29. The summed E-state index contributed by atoms with van der Waals surface area (Å²) < 4.78 is 23.2. The third-order valence-electron chi connectivity index (χ3n) is 2.23. The fourth-order valence-electron chi connectivity index (χ4n) is 1.25. The highest BCUT2D eigenvalue weighted by atomic mass is 19.1. The number of pyridine rings is 1. The van der Waals surface area contributed by atoms with Gasteiger partial charge in [-0.25, -0.2) is 9.50 Å². The first kappa shape index (κ1) is 13.9. The fourth-order valence-corrected chi connectivity index (χ4v) is 1.25. The minimum atomic E-state index is -1.08. The molecule has 1 rings (SSSR count). The van der Waals surface area contributed by atoms with E-state index < -0.39 is 17.3 Å². The first-order chi connectivity index (χ1) is 7.86. The Morgan fingerprint density at radius 1 is 1.47 bits per heavy atom. The van der Waals surface area contributed by atoms with E-state index in [0.717, 1.165) is 6.07 Å². The quantitative estimate of drug-likeness (QED) is 0.763. The maximum Gasteiger partial charge on any atom is 0.188 e. The SMILES string of the molecule is COCOc1cnc(C([O])C(C)(C)C)cc1F. The van der Waals surface area contributed by atoms with E-state index in [1.807, 2.05) is 0 Å². The van der Waals surface area contributed by atoms with Crippen molar-refractivity contribution in [2.45, 2.75) is 26.9 Å². The average molecular weight is 242 g/mol. The van der Waals surface area contributed by atoms with Crippen LogP contribution in [0.4, 0.5) is 4.39 Å². The predicted molar refractivity (Wildman–Crippen MR) is 59.6 cm³/mol. The molecule has 1 heterocycles. The summed E-state index contributed by atoms with van der Waals surface area (Å²) in [5.41, 5.74) is -0.325. The number of hydrogen-bond donors (Lipinski definition) is 0. The standard InChI is InChI=1S/C12H17FNO3/c1-12(2,3)11(15)9-5-8(13)10(6-14-9)17-7-16-4/h5-6,11H,7H2,1-4H3. The smallest absolute Gasteiger partial charge is 0.188 e. The molecule has 0 N–H and O–H groups in total. The predicted octanol–water partition coefficient (Wildman–Crippen LogP) is 2.72. The zero-order valence-corrected chi connectivity index (χ0v) is 10.5. The molecule has 1 aromatic rings. The zero-order chi connectivity index (χ0) is 13.1. The number of ether oxygens (including phenoxy) is 2. The second-order valence-corrected chi connectivity index (χ2v) is 4.84. The summed E-state index contributed by atoms with van der Waals surface area (Å²) in [6, 6.07) is 1.12. The Morgan fingerprint density at radius 3 is 2.59 bits per heavy atom. The van der Waals surface area contributed by atoms with Crippen molar-refractivity contribution in [3.05, 3.63) is 23.8 Å². The Morgan fingerprint density at radius 2 is 2.12 bits per heavy atom. The van der Waals surface area contributed by atoms with Gasteiger partial charge in [-0.3, -0.25) is 4.98 Å². The molecular formula is C12H17FNO3. The lowest BCUT2D eigenvalue weighted by Gasteiger charge is -2.23. The van der Waals surface area contributed by atoms with Crippen molar-refractivity contribution >= 4 is 0 Å². The fraction of sp³-hybridized carbons (Fsp3) is 0.583. The third-order valence-corrected chi connectivity index (χ3v) is 2.23. The van der Waals surface area contributed by atoms with Crippen molar-refractivity contribution < 1.29 is 19.0 Å². The topological polar surface area (TPSA) is 51.2 Å². The van der Waals surface area contributed by atoms with Gasteiger partial charge in [0.2, 0.25) is 0 Å². The summed E-state index contributed by atoms with van der Waals surface area (Å²) >= 11 is 0. The van der Waals surface area contributed by atoms with Gasteiger partial charge in [0.05, 0.1) is 11.9 Å². The van der Waals surface area contributed by atoms with Crippen LogP contribution in [0.15, 0.2) is 12.3 Å². The maximum atomic E-state index is 13.6. The largest absolute Gasteiger partial charge is 0.463 e. The van der Waals surface area contributed by atoms with Crippen LogP contribution in [0, 0.1) is 11.2 Å². The van der Waals surface area contributed by atoms with Gasteiger partial charge < -0.3 is 9.47 Å². The van der Waals surface area contributed by atoms with Crippen molar-refractivity contribution in [1.82, 2.24) is 4.98 Å². The molecule has 0 fully saturated rings. The van der Waals surface area contributed by atoms with Crippen LogP contribution in [0.3, 0.4) is 0 Å². The average Bonchev–Trinajstić information content (AvgIpc) is 2.25. The van der Waals surface area contributed by atoms with E-state index in [-0.39, 0.29) is 18.2 Å². The molecule has 0 aromatic carbocycles. The molecule has 5 heteroatoms. The summed E-state index contributed by atoms with van der Waals surface area (Å²) in [7, 11) is 1.44. The van der Waals surface area contributed by atoms with Crippen molar-refractivity contribution in [2.24, 2.45) is 5.41 Å². The van der Waals surface area contributed by atoms with Gasteiger partial charge in [-0.1, -0.05) is 20.8 Å². The molecule has 1 unspecified atom stereocenters. The van der Waals surface area contributed by atoms with Crippen LogP contribution in [0.25, 0.3) is 0 Å². The number of halogens is 1. The molecule has 0 aliphatic rings. The van der Waals surface area contributed by atoms with Crippen LogP contribution in [-0.4, -0.2) is 18.9 Å². The molecule has 17 heavy (non-hydrogen) atoms. The zero-order valence-electron chi connectivity index (χ0n) is 10.5. The normalized spacial score (nSPS) is 13.5. The van der Waals surface area contributed by atoms with Crippen molar-refractivity contribution in [1.29, 1.82) is 0 Å². The summed E-state index contributed by atoms with van der Waals surface area (Å²) in [5, 5.41) is 11.9. The van der Waals surface area contributed by atoms with E-state index in [2.05, 4.69) is 9.72 Å². The van der Waals surface area contributed by atoms with Gasteiger partial charge in [-0.2, -0.15) is 0 Å². The molecule has 0 bridgehead atoms. The molecule has 1 aromatic heterocycles. The minimum Gasteiger partial charge on any atom is -0.463 e. The number of methoxy groups -OCH3 is 1. The summed E-state index contributed by atoms with van der Waals surface area (Å²) in [4.78, 5) is 3.93. The molecular weight excluding hydrogens is 225 g/mol. The van der Waals surface area contributed by atoms with Crippen molar-refractivity contribution in [3.8, 4) is 5.75 Å². The van der Waals surface area contributed by atoms with E-state index in [9.17, 15) is 9.50 Å². The van der Waals surface area contributed by atoms with Crippen LogP contribution in [0.1, 0.15) is 32.6 Å². The molecule has 0 saturated heterocycles. The lowest BCUT2D eigenvalue weighted by molar-refractivity contribution is -0.00525. The van der Waals surface area contributed by atoms with Crippen LogP contribution < -0.4 is 4.74 Å². The Labute approximate surface area is 100 Å². The van der Waals surface area contributed by atoms with Gasteiger partial charge in [-0.15, -0.1) is 0 Å². The Balaban J connectivity index is 2.89. The highest BCUT2D eigenvalue weighted by Gasteiger charge is 2.27. The summed E-state index contributed by atoms with van der Waals surface area (Å²) in [6.45, 7) is 5.32. The summed E-state index contributed by atoms with van der Waals surface area (Å²) in [6.07, 6.45) is 0.133. The van der Waals surface area contributed by atoms with Crippen LogP contribution in [-0.2, 0) is 9.84 Å². The van der Waals surface area contributed by atoms with Gasteiger partial charge in [0.15, 0.2) is 18.4 Å². The molecule has 0 aliphatic heterocycles. The number of aromatic nitrogens is 1. The molecule has 4 nitrogen and oxygen atoms in total. The van der Waals surface area contributed by atoms with E-state index in [0.29, 0.717) is 0 Å². The molecule has 0 aliphatic carbocycles. The van der Waals surface area contributed by atoms with E-state index in [4.69, 9.17) is 4.74 Å². The van der Waals surface area contributed by atoms with Crippen LogP contribution >= 0.6 is 0 Å². The molecule has 0 saturated carbocycles. The lowest BCUT2D eigenvalue weighted by atomic mass is 9.87. The Kier molecular flexibility index (Phi) is 4.42. The Bertz CT molecular complexity index is 377. The third kappa shape index (κ3) is 3.64. The van der Waals surface area contributed by atoms with E-state index in [1.54, 1.807) is 20.8 Å². The van der Waals surface area contributed by atoms with Gasteiger partial charge in [0.25, 0.3) is 0 Å². The highest BCUT2D eigenvalue weighted by Crippen LogP contribution is 2.33. The van der Waals surface area contributed by atoms with Gasteiger partial charge >= 0.3 is 0 Å². The number of nitrogens with zero attached hydrogens (tertiary/aromatic N) is 1. The van der Waals surface area contributed by atoms with Crippen LogP contribution in [0.5, 0.6) is 5.75 Å². The summed E-state index contributed by atoms with van der Waals surface area (Å²) in [5.74, 6) is -0.617. The van der Waals surface area contributed by atoms with Crippen molar-refractivity contribution in [3.63, 3.8) is 0 Å². The van der Waals surface area contributed by atoms with E-state index >= 15 is 0 Å². The molecule has 1 radical (unpaired) electrons. The lowest BCUT2D eigenvalue weighted by Crippen LogP contribution is -2.18. The molecule has 1 atom stereocenters. The van der Waals surface area contributed by atoms with Gasteiger partial charge in [0, 0.05) is 13.2 Å². The second kappa shape index (κ2) is 5.42. The van der Waals surface area contributed by atoms with E-state index in [1.165, 1.54) is 13.3 Å². The highest BCUT2D eigenvalue weighted by molar-refractivity contribution is 5.24. The van der Waals surface area contributed by atoms with Gasteiger partial charge in [-0.05, 0) is 5.41 Å². The monoisotopic (exact) mass is 242 g/mol. The molecule has 0 amide bonds. The maximum absolute atomic E-state index is 13.6. The number of rotatable bonds is 4. The van der Waals surface area contributed by atoms with Crippen LogP contribution in [0.2, 0.25) is 0 Å². The van der Waals surface area contributed by atoms with Crippen molar-refractivity contribution in [2.75, 3.05) is 13.9 Å².